The van der Waals surface area contributed by atoms with Crippen LogP contribution in [0.1, 0.15) is 11.1 Å². The standard InChI is InChI=1S/C13H9FN6O/c1-19-12-10(6-16-19)13(21)20(18-17-12)7-8-2-3-11(14)9(4-8)5-15/h2-4,6H,7H2,1H3. The van der Waals surface area contributed by atoms with Gasteiger partial charge in [-0.15, -0.1) is 5.10 Å². The van der Waals surface area contributed by atoms with Crippen molar-refractivity contribution in [2.45, 2.75) is 6.54 Å². The van der Waals surface area contributed by atoms with Gasteiger partial charge in [0.05, 0.1) is 18.3 Å². The molecule has 0 fully saturated rings. The lowest BCUT2D eigenvalue weighted by Gasteiger charge is -2.04. The molecule has 2 aromatic heterocycles. The predicted molar refractivity (Wildman–Crippen MR) is 70.8 cm³/mol. The molecule has 7 nitrogen and oxygen atoms in total. The minimum Gasteiger partial charge on any atom is -0.267 e. The molecule has 0 saturated heterocycles. The van der Waals surface area contributed by atoms with Crippen LogP contribution >= 0.6 is 0 Å². The Morgan fingerprint density at radius 2 is 2.24 bits per heavy atom. The van der Waals surface area contributed by atoms with Gasteiger partial charge >= 0.3 is 0 Å². The molecule has 104 valence electrons. The molecule has 0 atom stereocenters. The number of fused-ring (bicyclic) bond motifs is 1. The van der Waals surface area contributed by atoms with Gasteiger partial charge < -0.3 is 0 Å². The van der Waals surface area contributed by atoms with Crippen molar-refractivity contribution in [3.63, 3.8) is 0 Å². The number of nitrogens with zero attached hydrogens (tertiary/aromatic N) is 6. The summed E-state index contributed by atoms with van der Waals surface area (Å²) in [5.74, 6) is -0.595. The van der Waals surface area contributed by atoms with Crippen molar-refractivity contribution in [3.05, 3.63) is 51.7 Å². The van der Waals surface area contributed by atoms with Gasteiger partial charge in [0.2, 0.25) is 0 Å². The average molecular weight is 284 g/mol. The first-order valence-corrected chi connectivity index (χ1v) is 6.04. The minimum absolute atomic E-state index is 0.0732. The highest BCUT2D eigenvalue weighted by Gasteiger charge is 2.10. The van der Waals surface area contributed by atoms with Gasteiger partial charge in [-0.3, -0.25) is 4.79 Å². The molecule has 0 bridgehead atoms. The van der Waals surface area contributed by atoms with Gasteiger partial charge in [0.15, 0.2) is 5.65 Å². The Bertz CT molecular complexity index is 936. The second kappa shape index (κ2) is 4.79. The van der Waals surface area contributed by atoms with Crippen molar-refractivity contribution in [2.75, 3.05) is 0 Å². The zero-order valence-electron chi connectivity index (χ0n) is 11.0. The molecular weight excluding hydrogens is 275 g/mol. The monoisotopic (exact) mass is 284 g/mol. The third-order valence-electron chi connectivity index (χ3n) is 3.10. The highest BCUT2D eigenvalue weighted by atomic mass is 19.1. The second-order valence-corrected chi connectivity index (χ2v) is 4.48. The maximum Gasteiger partial charge on any atom is 0.281 e. The lowest BCUT2D eigenvalue weighted by molar-refractivity contribution is 0.591. The lowest BCUT2D eigenvalue weighted by atomic mass is 10.1. The predicted octanol–water partition coefficient (Wildman–Crippen LogP) is 0.584. The number of hydrogen-bond donors (Lipinski definition) is 0. The molecule has 0 spiro atoms. The van der Waals surface area contributed by atoms with Crippen LogP contribution in [0.5, 0.6) is 0 Å². The molecule has 3 aromatic rings. The number of rotatable bonds is 2. The maximum absolute atomic E-state index is 13.3. The van der Waals surface area contributed by atoms with Crippen LogP contribution in [0.4, 0.5) is 4.39 Å². The fraction of sp³-hybridized carbons (Fsp3) is 0.154. The van der Waals surface area contributed by atoms with E-state index in [1.54, 1.807) is 13.1 Å². The van der Waals surface area contributed by atoms with Gasteiger partial charge in [-0.2, -0.15) is 10.4 Å². The summed E-state index contributed by atoms with van der Waals surface area (Å²) in [5.41, 5.74) is 0.576. The number of aryl methyl sites for hydroxylation is 1. The Labute approximate surface area is 117 Å². The van der Waals surface area contributed by atoms with E-state index in [4.69, 9.17) is 5.26 Å². The van der Waals surface area contributed by atoms with Gasteiger partial charge in [0, 0.05) is 7.05 Å². The summed E-state index contributed by atoms with van der Waals surface area (Å²) >= 11 is 0. The van der Waals surface area contributed by atoms with E-state index < -0.39 is 5.82 Å². The summed E-state index contributed by atoms with van der Waals surface area (Å²) < 4.78 is 15.9. The van der Waals surface area contributed by atoms with E-state index in [-0.39, 0.29) is 17.7 Å². The van der Waals surface area contributed by atoms with E-state index >= 15 is 0 Å². The van der Waals surface area contributed by atoms with Gasteiger partial charge in [0.25, 0.3) is 5.56 Å². The van der Waals surface area contributed by atoms with Crippen molar-refractivity contribution in [1.29, 1.82) is 5.26 Å². The second-order valence-electron chi connectivity index (χ2n) is 4.48. The third kappa shape index (κ3) is 2.14. The number of benzene rings is 1. The largest absolute Gasteiger partial charge is 0.281 e. The average Bonchev–Trinajstić information content (AvgIpc) is 2.86. The summed E-state index contributed by atoms with van der Waals surface area (Å²) in [5, 5.41) is 20.9. The van der Waals surface area contributed by atoms with Crippen LogP contribution in [0.3, 0.4) is 0 Å². The van der Waals surface area contributed by atoms with Crippen molar-refractivity contribution < 1.29 is 4.39 Å². The van der Waals surface area contributed by atoms with Crippen molar-refractivity contribution >= 4 is 11.0 Å². The van der Waals surface area contributed by atoms with Crippen LogP contribution < -0.4 is 5.56 Å². The molecule has 3 rings (SSSR count). The molecule has 21 heavy (non-hydrogen) atoms. The molecule has 1 aromatic carbocycles. The van der Waals surface area contributed by atoms with E-state index in [1.807, 2.05) is 0 Å². The number of nitriles is 1. The summed E-state index contributed by atoms with van der Waals surface area (Å²) in [6.07, 6.45) is 1.42. The van der Waals surface area contributed by atoms with Crippen LogP contribution in [0, 0.1) is 17.1 Å². The van der Waals surface area contributed by atoms with Gasteiger partial charge in [-0.05, 0) is 17.7 Å². The quantitative estimate of drug-likeness (QED) is 0.687. The Morgan fingerprint density at radius 1 is 1.43 bits per heavy atom. The summed E-state index contributed by atoms with van der Waals surface area (Å²) in [7, 11) is 1.67. The van der Waals surface area contributed by atoms with Crippen LogP contribution in [-0.4, -0.2) is 24.8 Å². The minimum atomic E-state index is -0.595. The molecule has 0 aliphatic rings. The zero-order chi connectivity index (χ0) is 15.0. The first kappa shape index (κ1) is 12.9. The van der Waals surface area contributed by atoms with Gasteiger partial charge in [-0.25, -0.2) is 13.8 Å². The molecule has 8 heteroatoms. The van der Waals surface area contributed by atoms with Crippen molar-refractivity contribution in [1.82, 2.24) is 24.8 Å². The molecule has 0 N–H and O–H groups in total. The van der Waals surface area contributed by atoms with Crippen molar-refractivity contribution in [2.24, 2.45) is 7.05 Å². The summed E-state index contributed by atoms with van der Waals surface area (Å²) in [6, 6.07) is 5.83. The molecule has 0 aliphatic heterocycles. The van der Waals surface area contributed by atoms with Crippen LogP contribution in [0.25, 0.3) is 11.0 Å². The Hall–Kier alpha value is -3.08. The molecule has 0 aliphatic carbocycles. The smallest absolute Gasteiger partial charge is 0.267 e. The Kier molecular flexibility index (Phi) is 2.95. The molecule has 0 amide bonds. The fourth-order valence-corrected chi connectivity index (χ4v) is 2.01. The molecular formula is C13H9FN6O. The number of hydrogen-bond acceptors (Lipinski definition) is 5. The summed E-state index contributed by atoms with van der Waals surface area (Å²) in [6.45, 7) is 0.103. The van der Waals surface area contributed by atoms with Crippen molar-refractivity contribution in [3.8, 4) is 6.07 Å². The lowest BCUT2D eigenvalue weighted by Crippen LogP contribution is -2.24. The molecule has 0 saturated carbocycles. The van der Waals surface area contributed by atoms with Gasteiger partial charge in [0.1, 0.15) is 17.3 Å². The van der Waals surface area contributed by atoms with E-state index in [0.29, 0.717) is 16.6 Å². The van der Waals surface area contributed by atoms with Crippen LogP contribution in [0.2, 0.25) is 0 Å². The Balaban J connectivity index is 2.04. The first-order chi connectivity index (χ1) is 10.1. The molecule has 0 radical (unpaired) electrons. The molecule has 0 unspecified atom stereocenters. The van der Waals surface area contributed by atoms with Crippen LogP contribution in [0.15, 0.2) is 29.2 Å². The number of aromatic nitrogens is 5. The van der Waals surface area contributed by atoms with E-state index in [2.05, 4.69) is 15.4 Å². The molecule has 2 heterocycles. The summed E-state index contributed by atoms with van der Waals surface area (Å²) in [4.78, 5) is 12.2. The third-order valence-corrected chi connectivity index (χ3v) is 3.10. The topological polar surface area (TPSA) is 89.4 Å². The van der Waals surface area contributed by atoms with Crippen LogP contribution in [-0.2, 0) is 13.6 Å². The Morgan fingerprint density at radius 3 is 3.00 bits per heavy atom. The van der Waals surface area contributed by atoms with Gasteiger partial charge in [-0.1, -0.05) is 11.3 Å². The van der Waals surface area contributed by atoms with E-state index in [9.17, 15) is 9.18 Å². The zero-order valence-corrected chi connectivity index (χ0v) is 11.0. The van der Waals surface area contributed by atoms with E-state index in [0.717, 1.165) is 4.68 Å². The fourth-order valence-electron chi connectivity index (χ4n) is 2.01. The van der Waals surface area contributed by atoms with E-state index in [1.165, 1.54) is 29.1 Å². The SMILES string of the molecule is Cn1ncc2c(=O)n(Cc3ccc(F)c(C#N)c3)nnc21. The maximum atomic E-state index is 13.3. The highest BCUT2D eigenvalue weighted by Crippen LogP contribution is 2.10. The normalized spacial score (nSPS) is 10.7. The first-order valence-electron chi connectivity index (χ1n) is 6.04. The highest BCUT2D eigenvalue weighted by molar-refractivity contribution is 5.72. The number of halogens is 1.